The number of anilines is 1. The fourth-order valence-electron chi connectivity index (χ4n) is 2.06. The van der Waals surface area contributed by atoms with Crippen molar-refractivity contribution in [1.29, 1.82) is 0 Å². The number of aromatic nitrogens is 2. The molecule has 0 unspecified atom stereocenters. The number of ether oxygens (including phenoxy) is 1. The number of piperidine rings is 1. The molecule has 106 valence electrons. The maximum atomic E-state index is 12.0. The van der Waals surface area contributed by atoms with E-state index in [9.17, 15) is 4.79 Å². The number of hydrogen-bond donors (Lipinski definition) is 1. The lowest BCUT2D eigenvalue weighted by Gasteiger charge is -2.28. The Labute approximate surface area is 117 Å². The number of nitrogens with one attached hydrogen (secondary N) is 1. The summed E-state index contributed by atoms with van der Waals surface area (Å²) in [6, 6.07) is 0. The van der Waals surface area contributed by atoms with Crippen molar-refractivity contribution in [2.75, 3.05) is 32.2 Å². The molecule has 0 aliphatic carbocycles. The highest BCUT2D eigenvalue weighted by Crippen LogP contribution is 2.18. The van der Waals surface area contributed by atoms with Crippen molar-refractivity contribution in [1.82, 2.24) is 14.8 Å². The quantitative estimate of drug-likeness (QED) is 0.885. The highest BCUT2D eigenvalue weighted by Gasteiger charge is 2.14. The molecule has 2 heterocycles. The van der Waals surface area contributed by atoms with E-state index < -0.39 is 0 Å². The second-order valence-electron chi connectivity index (χ2n) is 4.55. The first kappa shape index (κ1) is 14.3. The van der Waals surface area contributed by atoms with E-state index in [0.717, 1.165) is 25.9 Å². The number of rotatable bonds is 5. The number of hydrogen-bond acceptors (Lipinski definition) is 5. The van der Waals surface area contributed by atoms with Gasteiger partial charge in [-0.25, -0.2) is 9.69 Å². The lowest BCUT2D eigenvalue weighted by Crippen LogP contribution is -2.36. The molecule has 1 fully saturated rings. The molecule has 0 saturated carbocycles. The molecule has 1 saturated heterocycles. The summed E-state index contributed by atoms with van der Waals surface area (Å²) in [4.78, 5) is 12.0. The van der Waals surface area contributed by atoms with E-state index in [0.29, 0.717) is 18.8 Å². The fraction of sp³-hybridized carbons (Fsp3) is 0.667. The monoisotopic (exact) mass is 286 g/mol. The van der Waals surface area contributed by atoms with Crippen LogP contribution >= 0.6 is 11.6 Å². The molecule has 1 aliphatic heterocycles. The lowest BCUT2D eigenvalue weighted by atomic mass is 10.2. The normalized spacial score (nSPS) is 16.5. The first-order chi connectivity index (χ1) is 9.22. The van der Waals surface area contributed by atoms with Crippen LogP contribution in [0.1, 0.15) is 19.3 Å². The van der Waals surface area contributed by atoms with Gasteiger partial charge >= 0.3 is 0 Å². The van der Waals surface area contributed by atoms with E-state index in [4.69, 9.17) is 16.3 Å². The number of hydrazine groups is 1. The molecular weight excluding hydrogens is 268 g/mol. The minimum atomic E-state index is -0.291. The van der Waals surface area contributed by atoms with Crippen molar-refractivity contribution in [3.63, 3.8) is 0 Å². The Morgan fingerprint density at radius 1 is 1.42 bits per heavy atom. The molecule has 0 spiro atoms. The van der Waals surface area contributed by atoms with E-state index in [1.165, 1.54) is 11.1 Å². The van der Waals surface area contributed by atoms with Gasteiger partial charge in [0.25, 0.3) is 5.56 Å². The van der Waals surface area contributed by atoms with E-state index in [-0.39, 0.29) is 10.6 Å². The average molecular weight is 287 g/mol. The summed E-state index contributed by atoms with van der Waals surface area (Å²) in [6.45, 7) is 2.76. The standard InChI is InChI=1S/C12H19ClN4O2/c1-19-8-7-17-12(18)11(13)10(9-14-17)15-16-5-3-2-4-6-16/h9,15H,2-8H2,1H3. The van der Waals surface area contributed by atoms with Crippen LogP contribution in [0.5, 0.6) is 0 Å². The first-order valence-electron chi connectivity index (χ1n) is 6.48. The molecule has 0 radical (unpaired) electrons. The minimum absolute atomic E-state index is 0.177. The summed E-state index contributed by atoms with van der Waals surface area (Å²) in [5.74, 6) is 0. The van der Waals surface area contributed by atoms with Crippen LogP contribution in [0.4, 0.5) is 5.69 Å². The molecule has 6 nitrogen and oxygen atoms in total. The van der Waals surface area contributed by atoms with Gasteiger partial charge < -0.3 is 10.2 Å². The molecule has 19 heavy (non-hydrogen) atoms. The average Bonchev–Trinajstić information content (AvgIpc) is 2.44. The number of nitrogens with zero attached hydrogens (tertiary/aromatic N) is 3. The molecule has 7 heteroatoms. The smallest absolute Gasteiger partial charge is 0.287 e. The zero-order valence-electron chi connectivity index (χ0n) is 11.1. The van der Waals surface area contributed by atoms with Crippen LogP contribution in [0.3, 0.4) is 0 Å². The Hall–Kier alpha value is -1.11. The molecular formula is C12H19ClN4O2. The Bertz CT molecular complexity index is 471. The SMILES string of the molecule is COCCn1ncc(NN2CCCCC2)c(Cl)c1=O. The molecule has 0 amide bonds. The highest BCUT2D eigenvalue weighted by atomic mass is 35.5. The van der Waals surface area contributed by atoms with Crippen molar-refractivity contribution in [3.05, 3.63) is 21.6 Å². The summed E-state index contributed by atoms with van der Waals surface area (Å²) in [5.41, 5.74) is 3.45. The van der Waals surface area contributed by atoms with Gasteiger partial charge in [-0.3, -0.25) is 4.79 Å². The van der Waals surface area contributed by atoms with Crippen molar-refractivity contribution in [3.8, 4) is 0 Å². The Morgan fingerprint density at radius 2 is 2.16 bits per heavy atom. The summed E-state index contributed by atoms with van der Waals surface area (Å²) in [5, 5.41) is 6.34. The van der Waals surface area contributed by atoms with Gasteiger partial charge in [0, 0.05) is 20.2 Å². The second-order valence-corrected chi connectivity index (χ2v) is 4.93. The molecule has 0 bridgehead atoms. The molecule has 0 atom stereocenters. The van der Waals surface area contributed by atoms with Gasteiger partial charge in [0.15, 0.2) is 0 Å². The fourth-order valence-corrected chi connectivity index (χ4v) is 2.24. The molecule has 1 aliphatic rings. The summed E-state index contributed by atoms with van der Waals surface area (Å²) >= 11 is 6.09. The van der Waals surface area contributed by atoms with Crippen LogP contribution < -0.4 is 11.0 Å². The third-order valence-electron chi connectivity index (χ3n) is 3.13. The third kappa shape index (κ3) is 3.68. The number of halogens is 1. The van der Waals surface area contributed by atoms with Crippen molar-refractivity contribution >= 4 is 17.3 Å². The second kappa shape index (κ2) is 6.88. The largest absolute Gasteiger partial charge is 0.383 e. The van der Waals surface area contributed by atoms with Crippen LogP contribution in [0, 0.1) is 0 Å². The van der Waals surface area contributed by atoms with Gasteiger partial charge in [0.1, 0.15) is 5.02 Å². The molecule has 1 aromatic rings. The van der Waals surface area contributed by atoms with Gasteiger partial charge in [-0.15, -0.1) is 0 Å². The Kier molecular flexibility index (Phi) is 5.18. The predicted octanol–water partition coefficient (Wildman–Crippen LogP) is 1.36. The van der Waals surface area contributed by atoms with Gasteiger partial charge in [0.2, 0.25) is 0 Å². The van der Waals surface area contributed by atoms with Crippen molar-refractivity contribution in [2.45, 2.75) is 25.8 Å². The zero-order valence-corrected chi connectivity index (χ0v) is 11.8. The van der Waals surface area contributed by atoms with Crippen LogP contribution in [-0.2, 0) is 11.3 Å². The van der Waals surface area contributed by atoms with Crippen LogP contribution in [0.25, 0.3) is 0 Å². The van der Waals surface area contributed by atoms with Crippen LogP contribution in [0.15, 0.2) is 11.0 Å². The molecule has 1 aromatic heterocycles. The van der Waals surface area contributed by atoms with Crippen LogP contribution in [0.2, 0.25) is 5.02 Å². The predicted molar refractivity (Wildman–Crippen MR) is 74.4 cm³/mol. The molecule has 0 aromatic carbocycles. The molecule has 2 rings (SSSR count). The maximum Gasteiger partial charge on any atom is 0.287 e. The van der Waals surface area contributed by atoms with Gasteiger partial charge in [-0.2, -0.15) is 5.10 Å². The first-order valence-corrected chi connectivity index (χ1v) is 6.86. The number of methoxy groups -OCH3 is 1. The lowest BCUT2D eigenvalue weighted by molar-refractivity contribution is 0.182. The summed E-state index contributed by atoms with van der Waals surface area (Å²) in [7, 11) is 1.58. The third-order valence-corrected chi connectivity index (χ3v) is 3.49. The van der Waals surface area contributed by atoms with Crippen molar-refractivity contribution in [2.24, 2.45) is 0 Å². The Morgan fingerprint density at radius 3 is 2.84 bits per heavy atom. The highest BCUT2D eigenvalue weighted by molar-refractivity contribution is 6.32. The maximum absolute atomic E-state index is 12.0. The molecule has 1 N–H and O–H groups in total. The van der Waals surface area contributed by atoms with Gasteiger partial charge in [-0.1, -0.05) is 18.0 Å². The van der Waals surface area contributed by atoms with E-state index in [1.54, 1.807) is 13.3 Å². The van der Waals surface area contributed by atoms with Crippen molar-refractivity contribution < 1.29 is 4.74 Å². The topological polar surface area (TPSA) is 59.4 Å². The van der Waals surface area contributed by atoms with Crippen LogP contribution in [-0.4, -0.2) is 41.6 Å². The minimum Gasteiger partial charge on any atom is -0.383 e. The summed E-state index contributed by atoms with van der Waals surface area (Å²) < 4.78 is 6.24. The van der Waals surface area contributed by atoms with Gasteiger partial charge in [0.05, 0.1) is 25.0 Å². The van der Waals surface area contributed by atoms with Gasteiger partial charge in [-0.05, 0) is 12.8 Å². The van der Waals surface area contributed by atoms with E-state index in [1.807, 2.05) is 0 Å². The van der Waals surface area contributed by atoms with E-state index in [2.05, 4.69) is 15.5 Å². The zero-order chi connectivity index (χ0) is 13.7. The van der Waals surface area contributed by atoms with E-state index >= 15 is 0 Å². The Balaban J connectivity index is 2.09. The summed E-state index contributed by atoms with van der Waals surface area (Å²) in [6.07, 6.45) is 5.16.